The van der Waals surface area contributed by atoms with Gasteiger partial charge < -0.3 is 26.7 Å². The Morgan fingerprint density at radius 1 is 0.838 bits per heavy atom. The van der Waals surface area contributed by atoms with E-state index in [1.165, 1.54) is 96.3 Å². The SMILES string of the molecule is CCCCCCCCCCCCCCCCCCNCC(=O)N[C@@H](Cc1cnc[nH]1)C(=O)NCCCN. The minimum absolute atomic E-state index is 0.171. The molecule has 0 aliphatic carbocycles. The van der Waals surface area contributed by atoms with E-state index in [9.17, 15) is 9.59 Å². The van der Waals surface area contributed by atoms with Gasteiger partial charge in [0, 0.05) is 24.9 Å². The number of nitrogens with one attached hydrogen (secondary N) is 4. The maximum Gasteiger partial charge on any atom is 0.242 e. The van der Waals surface area contributed by atoms with Crippen molar-refractivity contribution in [2.24, 2.45) is 5.73 Å². The second-order valence-electron chi connectivity index (χ2n) is 10.3. The van der Waals surface area contributed by atoms with Crippen LogP contribution in [0.3, 0.4) is 0 Å². The van der Waals surface area contributed by atoms with Crippen LogP contribution in [0.5, 0.6) is 0 Å². The van der Waals surface area contributed by atoms with E-state index in [4.69, 9.17) is 5.73 Å². The predicted octanol–water partition coefficient (Wildman–Crippen LogP) is 4.75. The topological polar surface area (TPSA) is 125 Å². The highest BCUT2D eigenvalue weighted by Gasteiger charge is 2.21. The second kappa shape index (κ2) is 24.4. The number of hydrogen-bond donors (Lipinski definition) is 5. The number of H-pyrrole nitrogens is 1. The molecule has 0 unspecified atom stereocenters. The molecule has 0 fully saturated rings. The van der Waals surface area contributed by atoms with Gasteiger partial charge in [0.15, 0.2) is 0 Å². The van der Waals surface area contributed by atoms with E-state index in [0.717, 1.165) is 18.7 Å². The molecule has 1 rings (SSSR count). The Kier molecular flexibility index (Phi) is 21.8. The molecule has 0 saturated carbocycles. The van der Waals surface area contributed by atoms with Gasteiger partial charge in [0.05, 0.1) is 12.9 Å². The Hall–Kier alpha value is -1.93. The van der Waals surface area contributed by atoms with Gasteiger partial charge >= 0.3 is 0 Å². The first-order valence-corrected chi connectivity index (χ1v) is 15.1. The van der Waals surface area contributed by atoms with Crippen molar-refractivity contribution < 1.29 is 9.59 Å². The van der Waals surface area contributed by atoms with Crippen LogP contribution in [-0.4, -0.2) is 54.0 Å². The maximum absolute atomic E-state index is 12.5. The molecule has 0 bridgehead atoms. The molecule has 214 valence electrons. The molecule has 0 aliphatic rings. The zero-order valence-corrected chi connectivity index (χ0v) is 23.6. The van der Waals surface area contributed by atoms with Crippen LogP contribution in [0.25, 0.3) is 0 Å². The van der Waals surface area contributed by atoms with Gasteiger partial charge in [-0.3, -0.25) is 9.59 Å². The van der Waals surface area contributed by atoms with E-state index in [2.05, 4.69) is 32.8 Å². The fourth-order valence-corrected chi connectivity index (χ4v) is 4.51. The third-order valence-corrected chi connectivity index (χ3v) is 6.80. The number of imidazole rings is 1. The fraction of sp³-hybridized carbons (Fsp3) is 0.828. The Bertz CT molecular complexity index is 653. The second-order valence-corrected chi connectivity index (χ2v) is 10.3. The largest absolute Gasteiger partial charge is 0.354 e. The molecule has 0 spiro atoms. The Labute approximate surface area is 226 Å². The Morgan fingerprint density at radius 2 is 1.41 bits per heavy atom. The monoisotopic (exact) mass is 520 g/mol. The molecule has 1 aromatic heterocycles. The van der Waals surface area contributed by atoms with E-state index < -0.39 is 6.04 Å². The molecular weight excluding hydrogens is 464 g/mol. The first-order valence-electron chi connectivity index (χ1n) is 15.1. The average molecular weight is 521 g/mol. The molecule has 1 heterocycles. The number of aromatic nitrogens is 2. The standard InChI is InChI=1S/C29H56N6O2/c1-2-3-4-5-6-7-8-9-10-11-12-13-14-15-16-17-20-31-24-28(36)35-27(22-26-23-32-25-34-26)29(37)33-21-18-19-30/h23,25,27,31H,2-22,24,30H2,1H3,(H,32,34)(H,33,37)(H,35,36)/t27-/m0/s1. The fourth-order valence-electron chi connectivity index (χ4n) is 4.51. The molecule has 2 amide bonds. The van der Waals surface area contributed by atoms with Crippen molar-refractivity contribution in [3.63, 3.8) is 0 Å². The zero-order valence-electron chi connectivity index (χ0n) is 23.6. The van der Waals surface area contributed by atoms with E-state index in [0.29, 0.717) is 25.9 Å². The summed E-state index contributed by atoms with van der Waals surface area (Å²) in [7, 11) is 0. The number of rotatable bonds is 26. The van der Waals surface area contributed by atoms with E-state index in [-0.39, 0.29) is 18.4 Å². The molecule has 6 N–H and O–H groups in total. The highest BCUT2D eigenvalue weighted by Crippen LogP contribution is 2.13. The molecule has 8 nitrogen and oxygen atoms in total. The highest BCUT2D eigenvalue weighted by atomic mass is 16.2. The lowest BCUT2D eigenvalue weighted by Crippen LogP contribution is -2.50. The molecule has 0 saturated heterocycles. The van der Waals surface area contributed by atoms with Crippen molar-refractivity contribution in [3.8, 4) is 0 Å². The van der Waals surface area contributed by atoms with Crippen LogP contribution in [0.1, 0.15) is 122 Å². The summed E-state index contributed by atoms with van der Waals surface area (Å²) in [5.74, 6) is -0.371. The van der Waals surface area contributed by atoms with Gasteiger partial charge in [0.25, 0.3) is 0 Å². The van der Waals surface area contributed by atoms with Crippen LogP contribution in [0.4, 0.5) is 0 Å². The smallest absolute Gasteiger partial charge is 0.242 e. The van der Waals surface area contributed by atoms with Crippen molar-refractivity contribution in [2.45, 2.75) is 129 Å². The molecule has 1 atom stereocenters. The third kappa shape index (κ3) is 19.8. The van der Waals surface area contributed by atoms with Crippen molar-refractivity contribution in [2.75, 3.05) is 26.2 Å². The summed E-state index contributed by atoms with van der Waals surface area (Å²) in [5, 5.41) is 8.90. The van der Waals surface area contributed by atoms with Crippen LogP contribution in [-0.2, 0) is 16.0 Å². The van der Waals surface area contributed by atoms with Crippen molar-refractivity contribution in [1.82, 2.24) is 25.9 Å². The number of amides is 2. The van der Waals surface area contributed by atoms with Gasteiger partial charge in [0.1, 0.15) is 6.04 Å². The summed E-state index contributed by atoms with van der Waals surface area (Å²) >= 11 is 0. The van der Waals surface area contributed by atoms with Crippen molar-refractivity contribution >= 4 is 11.8 Å². The number of nitrogens with two attached hydrogens (primary N) is 1. The molecule has 8 heteroatoms. The van der Waals surface area contributed by atoms with Gasteiger partial charge in [-0.15, -0.1) is 0 Å². The first-order chi connectivity index (χ1) is 18.2. The van der Waals surface area contributed by atoms with Crippen molar-refractivity contribution in [3.05, 3.63) is 18.2 Å². The van der Waals surface area contributed by atoms with Crippen LogP contribution in [0, 0.1) is 0 Å². The summed E-state index contributed by atoms with van der Waals surface area (Å²) in [5.41, 5.74) is 6.30. The highest BCUT2D eigenvalue weighted by molar-refractivity contribution is 5.88. The maximum atomic E-state index is 12.5. The lowest BCUT2D eigenvalue weighted by molar-refractivity contribution is -0.128. The van der Waals surface area contributed by atoms with E-state index in [1.807, 2.05) is 0 Å². The average Bonchev–Trinajstić information content (AvgIpc) is 3.41. The number of unbranched alkanes of at least 4 members (excludes halogenated alkanes) is 15. The lowest BCUT2D eigenvalue weighted by atomic mass is 10.0. The van der Waals surface area contributed by atoms with E-state index in [1.54, 1.807) is 12.5 Å². The molecular formula is C29H56N6O2. The number of nitrogens with zero attached hydrogens (tertiary/aromatic N) is 1. The van der Waals surface area contributed by atoms with Crippen LogP contribution >= 0.6 is 0 Å². The normalized spacial score (nSPS) is 11.9. The first kappa shape index (κ1) is 33.1. The Morgan fingerprint density at radius 3 is 1.92 bits per heavy atom. The predicted molar refractivity (Wildman–Crippen MR) is 153 cm³/mol. The molecule has 0 aromatic carbocycles. The lowest BCUT2D eigenvalue weighted by Gasteiger charge is -2.18. The summed E-state index contributed by atoms with van der Waals surface area (Å²) in [6.45, 7) is 4.33. The number of aromatic amines is 1. The molecule has 37 heavy (non-hydrogen) atoms. The number of carbonyl (C=O) groups is 2. The quantitative estimate of drug-likeness (QED) is 0.113. The summed E-state index contributed by atoms with van der Waals surface area (Å²) in [4.78, 5) is 31.9. The zero-order chi connectivity index (χ0) is 26.8. The number of carbonyl (C=O) groups excluding carboxylic acids is 2. The minimum Gasteiger partial charge on any atom is -0.354 e. The van der Waals surface area contributed by atoms with Crippen LogP contribution < -0.4 is 21.7 Å². The van der Waals surface area contributed by atoms with Crippen molar-refractivity contribution in [1.29, 1.82) is 0 Å². The van der Waals surface area contributed by atoms with Gasteiger partial charge in [-0.1, -0.05) is 103 Å². The van der Waals surface area contributed by atoms with Gasteiger partial charge in [0.2, 0.25) is 11.8 Å². The van der Waals surface area contributed by atoms with Gasteiger partial charge in [-0.2, -0.15) is 0 Å². The van der Waals surface area contributed by atoms with E-state index >= 15 is 0 Å². The van der Waals surface area contributed by atoms with Crippen LogP contribution in [0.2, 0.25) is 0 Å². The number of hydrogen-bond acceptors (Lipinski definition) is 5. The summed E-state index contributed by atoms with van der Waals surface area (Å²) in [6.07, 6.45) is 25.9. The molecule has 0 aliphatic heterocycles. The van der Waals surface area contributed by atoms with Crippen LogP contribution in [0.15, 0.2) is 12.5 Å². The minimum atomic E-state index is -0.636. The molecule has 0 radical (unpaired) electrons. The Balaban J connectivity index is 1.98. The third-order valence-electron chi connectivity index (χ3n) is 6.80. The molecule has 1 aromatic rings. The summed E-state index contributed by atoms with van der Waals surface area (Å²) in [6, 6.07) is -0.636. The van der Waals surface area contributed by atoms with Gasteiger partial charge in [-0.05, 0) is 25.9 Å². The van der Waals surface area contributed by atoms with Gasteiger partial charge in [-0.25, -0.2) is 4.98 Å². The summed E-state index contributed by atoms with van der Waals surface area (Å²) < 4.78 is 0.